The molecule has 0 radical (unpaired) electrons. The van der Waals surface area contributed by atoms with E-state index in [1.165, 1.54) is 24.5 Å². The lowest BCUT2D eigenvalue weighted by molar-refractivity contribution is -0.136. The first-order chi connectivity index (χ1) is 8.88. The van der Waals surface area contributed by atoms with Crippen molar-refractivity contribution in [2.75, 3.05) is 5.32 Å². The average molecular weight is 352 g/mol. The summed E-state index contributed by atoms with van der Waals surface area (Å²) >= 11 is 8.82. The van der Waals surface area contributed by atoms with Crippen LogP contribution in [0.4, 0.5) is 24.5 Å². The smallest absolute Gasteiger partial charge is 0.354 e. The maximum absolute atomic E-state index is 12.9. The summed E-state index contributed by atoms with van der Waals surface area (Å²) in [7, 11) is 0. The number of halogens is 5. The highest BCUT2D eigenvalue weighted by Gasteiger charge is 2.33. The molecular formula is C12H7BrClF3N2. The Hall–Kier alpha value is -1.27. The lowest BCUT2D eigenvalue weighted by atomic mass is 10.1. The largest absolute Gasteiger partial charge is 0.418 e. The van der Waals surface area contributed by atoms with Crippen LogP contribution < -0.4 is 5.32 Å². The second kappa shape index (κ2) is 5.38. The number of aromatic nitrogens is 1. The van der Waals surface area contributed by atoms with E-state index in [-0.39, 0.29) is 10.7 Å². The maximum atomic E-state index is 12.9. The van der Waals surface area contributed by atoms with Gasteiger partial charge in [-0.1, -0.05) is 11.6 Å². The molecule has 0 aliphatic heterocycles. The molecule has 2 rings (SSSR count). The van der Waals surface area contributed by atoms with Crippen molar-refractivity contribution in [1.29, 1.82) is 0 Å². The van der Waals surface area contributed by atoms with Crippen LogP contribution in [0, 0.1) is 0 Å². The summed E-state index contributed by atoms with van der Waals surface area (Å²) in [6, 6.07) is 5.14. The average Bonchev–Trinajstić information content (AvgIpc) is 2.33. The van der Waals surface area contributed by atoms with Crippen molar-refractivity contribution in [2.45, 2.75) is 6.18 Å². The van der Waals surface area contributed by atoms with Crippen LogP contribution in [0.5, 0.6) is 0 Å². The van der Waals surface area contributed by atoms with Crippen molar-refractivity contribution in [1.82, 2.24) is 4.98 Å². The molecule has 0 atom stereocenters. The Bertz CT molecular complexity index is 602. The van der Waals surface area contributed by atoms with Gasteiger partial charge in [0.25, 0.3) is 0 Å². The zero-order valence-electron chi connectivity index (χ0n) is 9.30. The van der Waals surface area contributed by atoms with Crippen molar-refractivity contribution in [3.05, 3.63) is 51.7 Å². The molecule has 0 saturated heterocycles. The molecule has 1 aromatic heterocycles. The molecular weight excluding hydrogens is 344 g/mol. The first kappa shape index (κ1) is 14.1. The lowest BCUT2D eigenvalue weighted by Gasteiger charge is -2.15. The van der Waals surface area contributed by atoms with Crippen molar-refractivity contribution in [2.24, 2.45) is 0 Å². The fourth-order valence-corrected chi connectivity index (χ4v) is 2.00. The van der Waals surface area contributed by atoms with Gasteiger partial charge in [0.2, 0.25) is 0 Å². The van der Waals surface area contributed by atoms with Crippen LogP contribution >= 0.6 is 27.5 Å². The molecule has 0 saturated carbocycles. The fourth-order valence-electron chi connectivity index (χ4n) is 1.48. The van der Waals surface area contributed by atoms with Crippen LogP contribution in [0.15, 0.2) is 41.1 Å². The van der Waals surface area contributed by atoms with Gasteiger partial charge in [0.05, 0.1) is 21.4 Å². The summed E-state index contributed by atoms with van der Waals surface area (Å²) in [4.78, 5) is 3.84. The topological polar surface area (TPSA) is 24.9 Å². The molecule has 7 heteroatoms. The van der Waals surface area contributed by atoms with Gasteiger partial charge < -0.3 is 5.32 Å². The van der Waals surface area contributed by atoms with Gasteiger partial charge in [0, 0.05) is 17.4 Å². The van der Waals surface area contributed by atoms with Crippen molar-refractivity contribution >= 4 is 38.9 Å². The highest BCUT2D eigenvalue weighted by molar-refractivity contribution is 9.10. The molecule has 0 aliphatic rings. The Labute approximate surface area is 120 Å². The number of nitrogens with zero attached hydrogens (tertiary/aromatic N) is 1. The fraction of sp³-hybridized carbons (Fsp3) is 0.0833. The normalized spacial score (nSPS) is 11.4. The van der Waals surface area contributed by atoms with E-state index in [1.807, 2.05) is 0 Å². The first-order valence-corrected chi connectivity index (χ1v) is 6.28. The van der Waals surface area contributed by atoms with E-state index >= 15 is 0 Å². The van der Waals surface area contributed by atoms with E-state index in [1.54, 1.807) is 6.07 Å². The molecule has 0 spiro atoms. The molecule has 0 unspecified atom stereocenters. The maximum Gasteiger partial charge on any atom is 0.418 e. The molecule has 1 aromatic carbocycles. The Morgan fingerprint density at radius 2 is 1.89 bits per heavy atom. The standard InChI is InChI=1S/C12H7BrClF3N2/c13-9-6-18-4-3-11(9)19-10-2-1-7(14)5-8(10)12(15,16)17/h1-6H,(H,18,19). The molecule has 2 nitrogen and oxygen atoms in total. The van der Waals surface area contributed by atoms with Crippen LogP contribution in [0.1, 0.15) is 5.56 Å². The molecule has 1 N–H and O–H groups in total. The second-order valence-corrected chi connectivity index (χ2v) is 4.96. The summed E-state index contributed by atoms with van der Waals surface area (Å²) in [6.07, 6.45) is -1.51. The summed E-state index contributed by atoms with van der Waals surface area (Å²) in [5.41, 5.74) is -0.393. The van der Waals surface area contributed by atoms with E-state index in [9.17, 15) is 13.2 Å². The van der Waals surface area contributed by atoms with E-state index in [0.29, 0.717) is 10.2 Å². The SMILES string of the molecule is FC(F)(F)c1cc(Cl)ccc1Nc1ccncc1Br. The summed E-state index contributed by atoms with van der Waals surface area (Å²) < 4.78 is 39.3. The zero-order valence-corrected chi connectivity index (χ0v) is 11.6. The van der Waals surface area contributed by atoms with Gasteiger partial charge in [-0.3, -0.25) is 4.98 Å². The van der Waals surface area contributed by atoms with Gasteiger partial charge >= 0.3 is 6.18 Å². The first-order valence-electron chi connectivity index (χ1n) is 5.11. The molecule has 0 fully saturated rings. The number of rotatable bonds is 2. The molecule has 1 heterocycles. The third-order valence-corrected chi connectivity index (χ3v) is 3.20. The van der Waals surface area contributed by atoms with E-state index < -0.39 is 11.7 Å². The number of benzene rings is 1. The van der Waals surface area contributed by atoms with E-state index in [0.717, 1.165) is 6.07 Å². The van der Waals surface area contributed by atoms with Crippen molar-refractivity contribution in [3.63, 3.8) is 0 Å². The quantitative estimate of drug-likeness (QED) is 0.798. The lowest BCUT2D eigenvalue weighted by Crippen LogP contribution is -2.09. The Balaban J connectivity index is 2.44. The van der Waals surface area contributed by atoms with Gasteiger partial charge in [0.15, 0.2) is 0 Å². The van der Waals surface area contributed by atoms with Gasteiger partial charge in [-0.2, -0.15) is 13.2 Å². The Kier molecular flexibility index (Phi) is 4.01. The molecule has 0 amide bonds. The third kappa shape index (κ3) is 3.39. The molecule has 100 valence electrons. The minimum Gasteiger partial charge on any atom is -0.354 e. The summed E-state index contributed by atoms with van der Waals surface area (Å²) in [5, 5.41) is 2.74. The summed E-state index contributed by atoms with van der Waals surface area (Å²) in [6.45, 7) is 0. The number of nitrogens with one attached hydrogen (secondary N) is 1. The second-order valence-electron chi connectivity index (χ2n) is 3.67. The van der Waals surface area contributed by atoms with Gasteiger partial charge in [-0.25, -0.2) is 0 Å². The Morgan fingerprint density at radius 3 is 2.53 bits per heavy atom. The predicted octanol–water partition coefficient (Wildman–Crippen LogP) is 5.26. The molecule has 2 aromatic rings. The Morgan fingerprint density at radius 1 is 1.16 bits per heavy atom. The minimum atomic E-state index is -4.48. The number of hydrogen-bond acceptors (Lipinski definition) is 2. The zero-order chi connectivity index (χ0) is 14.0. The predicted molar refractivity (Wildman–Crippen MR) is 71.7 cm³/mol. The number of alkyl halides is 3. The van der Waals surface area contributed by atoms with Gasteiger partial charge in [-0.05, 0) is 40.2 Å². The molecule has 0 bridgehead atoms. The van der Waals surface area contributed by atoms with Gasteiger partial charge in [-0.15, -0.1) is 0 Å². The molecule has 0 aliphatic carbocycles. The number of pyridine rings is 1. The third-order valence-electron chi connectivity index (χ3n) is 2.33. The number of hydrogen-bond donors (Lipinski definition) is 1. The van der Waals surface area contributed by atoms with Crippen LogP contribution in [0.25, 0.3) is 0 Å². The highest BCUT2D eigenvalue weighted by atomic mass is 79.9. The summed E-state index contributed by atoms with van der Waals surface area (Å²) in [5.74, 6) is 0. The van der Waals surface area contributed by atoms with E-state index in [2.05, 4.69) is 26.2 Å². The highest BCUT2D eigenvalue weighted by Crippen LogP contribution is 2.38. The molecule has 19 heavy (non-hydrogen) atoms. The monoisotopic (exact) mass is 350 g/mol. The van der Waals surface area contributed by atoms with Crippen LogP contribution in [0.3, 0.4) is 0 Å². The number of anilines is 2. The van der Waals surface area contributed by atoms with Crippen LogP contribution in [-0.4, -0.2) is 4.98 Å². The van der Waals surface area contributed by atoms with E-state index in [4.69, 9.17) is 11.6 Å². The van der Waals surface area contributed by atoms with Gasteiger partial charge in [0.1, 0.15) is 0 Å². The van der Waals surface area contributed by atoms with Crippen LogP contribution in [0.2, 0.25) is 5.02 Å². The minimum absolute atomic E-state index is 0.0340. The van der Waals surface area contributed by atoms with Crippen molar-refractivity contribution < 1.29 is 13.2 Å². The van der Waals surface area contributed by atoms with Crippen LogP contribution in [-0.2, 0) is 6.18 Å². The van der Waals surface area contributed by atoms with Crippen molar-refractivity contribution in [3.8, 4) is 0 Å².